The van der Waals surface area contributed by atoms with E-state index < -0.39 is 21.9 Å². The number of aliphatic hydroxyl groups excluding tert-OH is 1. The van der Waals surface area contributed by atoms with Crippen LogP contribution in [0.4, 0.5) is 10.1 Å². The second-order valence-corrected chi connectivity index (χ2v) is 9.31. The van der Waals surface area contributed by atoms with Gasteiger partial charge in [-0.3, -0.25) is 4.72 Å². The molecule has 0 fully saturated rings. The number of nitrogens with one attached hydrogen (secondary N) is 3. The molecule has 4 rings (SSSR count). The van der Waals surface area contributed by atoms with Crippen molar-refractivity contribution in [2.75, 3.05) is 30.7 Å². The van der Waals surface area contributed by atoms with Crippen molar-refractivity contribution in [3.63, 3.8) is 0 Å². The summed E-state index contributed by atoms with van der Waals surface area (Å²) in [4.78, 5) is 3.38. The highest BCUT2D eigenvalue weighted by Gasteiger charge is 2.13. The van der Waals surface area contributed by atoms with Gasteiger partial charge in [-0.1, -0.05) is 24.3 Å². The number of fused-ring (bicyclic) bond motifs is 3. The van der Waals surface area contributed by atoms with E-state index >= 15 is 0 Å². The van der Waals surface area contributed by atoms with Gasteiger partial charge < -0.3 is 20.1 Å². The molecule has 0 aliphatic rings. The fraction of sp³-hybridized carbons (Fsp3) is 0.217. The second kappa shape index (κ2) is 9.15. The van der Waals surface area contributed by atoms with Gasteiger partial charge in [0.25, 0.3) is 0 Å². The van der Waals surface area contributed by atoms with E-state index in [2.05, 4.69) is 21.1 Å². The maximum atomic E-state index is 13.8. The van der Waals surface area contributed by atoms with Gasteiger partial charge in [-0.2, -0.15) is 0 Å². The molecule has 3 aromatic carbocycles. The molecule has 0 saturated heterocycles. The van der Waals surface area contributed by atoms with Crippen LogP contribution in [0.15, 0.2) is 60.7 Å². The third kappa shape index (κ3) is 5.18. The molecule has 1 atom stereocenters. The quantitative estimate of drug-likeness (QED) is 0.288. The molecule has 0 saturated carbocycles. The van der Waals surface area contributed by atoms with Gasteiger partial charge in [0.05, 0.1) is 23.6 Å². The molecule has 1 heterocycles. The van der Waals surface area contributed by atoms with Crippen molar-refractivity contribution in [3.8, 4) is 5.75 Å². The lowest BCUT2D eigenvalue weighted by Gasteiger charge is -2.14. The highest BCUT2D eigenvalue weighted by molar-refractivity contribution is 7.92. The highest BCUT2D eigenvalue weighted by Crippen LogP contribution is 2.28. The van der Waals surface area contributed by atoms with Crippen LogP contribution in [-0.4, -0.2) is 44.5 Å². The van der Waals surface area contributed by atoms with Crippen LogP contribution in [0.3, 0.4) is 0 Å². The molecule has 1 aromatic heterocycles. The molecular weight excluding hydrogens is 433 g/mol. The molecule has 0 unspecified atom stereocenters. The Bertz CT molecular complexity index is 1350. The molecule has 7 nitrogen and oxygen atoms in total. The summed E-state index contributed by atoms with van der Waals surface area (Å²) in [5, 5.41) is 15.7. The van der Waals surface area contributed by atoms with Crippen LogP contribution in [0.2, 0.25) is 0 Å². The lowest BCUT2D eigenvalue weighted by molar-refractivity contribution is 0.172. The minimum atomic E-state index is -3.62. The number of halogens is 1. The van der Waals surface area contributed by atoms with E-state index in [-0.39, 0.29) is 12.2 Å². The Morgan fingerprint density at radius 2 is 1.84 bits per heavy atom. The summed E-state index contributed by atoms with van der Waals surface area (Å²) in [6, 6.07) is 17.8. The predicted molar refractivity (Wildman–Crippen MR) is 124 cm³/mol. The number of sulfonamides is 1. The minimum Gasteiger partial charge on any atom is -0.492 e. The van der Waals surface area contributed by atoms with Gasteiger partial charge in [0, 0.05) is 35.4 Å². The Kier molecular flexibility index (Phi) is 6.31. The molecule has 9 heteroatoms. The second-order valence-electron chi connectivity index (χ2n) is 7.56. The van der Waals surface area contributed by atoms with E-state index in [0.717, 1.165) is 34.5 Å². The van der Waals surface area contributed by atoms with E-state index in [1.807, 2.05) is 36.4 Å². The predicted octanol–water partition coefficient (Wildman–Crippen LogP) is 3.53. The average molecular weight is 458 g/mol. The molecule has 0 aliphatic carbocycles. The standard InChI is InChI=1S/C23H24FN3O4S/c1-32(29,30)27-22-12-15(6-9-19(22)24)23(28)14-25-10-11-31-16-7-8-18-17-4-2-3-5-20(17)26-21(18)13-16/h2-9,12-13,23,25-28H,10-11,14H2,1H3/t23-/m0/s1. The average Bonchev–Trinajstić information content (AvgIpc) is 3.11. The number of aromatic amines is 1. The first-order chi connectivity index (χ1) is 15.3. The van der Waals surface area contributed by atoms with Crippen LogP contribution in [0.1, 0.15) is 11.7 Å². The summed E-state index contributed by atoms with van der Waals surface area (Å²) in [7, 11) is -3.62. The molecule has 4 N–H and O–H groups in total. The van der Waals surface area contributed by atoms with Crippen molar-refractivity contribution in [2.24, 2.45) is 0 Å². The molecule has 4 aromatic rings. The van der Waals surface area contributed by atoms with Gasteiger partial charge in [-0.25, -0.2) is 12.8 Å². The number of aliphatic hydroxyl groups is 1. The smallest absolute Gasteiger partial charge is 0.229 e. The summed E-state index contributed by atoms with van der Waals surface area (Å²) in [6.45, 7) is 1.08. The van der Waals surface area contributed by atoms with Crippen molar-refractivity contribution in [1.82, 2.24) is 10.3 Å². The number of aromatic nitrogens is 1. The van der Waals surface area contributed by atoms with Gasteiger partial charge in [0.1, 0.15) is 18.2 Å². The number of rotatable bonds is 9. The first-order valence-electron chi connectivity index (χ1n) is 10.1. The first kappa shape index (κ1) is 22.1. The summed E-state index contributed by atoms with van der Waals surface area (Å²) >= 11 is 0. The van der Waals surface area contributed by atoms with Crippen molar-refractivity contribution in [3.05, 3.63) is 72.0 Å². The van der Waals surface area contributed by atoms with Gasteiger partial charge in [0.2, 0.25) is 10.0 Å². The lowest BCUT2D eigenvalue weighted by Crippen LogP contribution is -2.26. The Morgan fingerprint density at radius 1 is 1.06 bits per heavy atom. The van der Waals surface area contributed by atoms with Crippen LogP contribution < -0.4 is 14.8 Å². The van der Waals surface area contributed by atoms with E-state index in [1.165, 1.54) is 17.5 Å². The van der Waals surface area contributed by atoms with Crippen LogP contribution in [0, 0.1) is 5.82 Å². The van der Waals surface area contributed by atoms with E-state index in [9.17, 15) is 17.9 Å². The summed E-state index contributed by atoms with van der Waals surface area (Å²) in [5.41, 5.74) is 2.28. The van der Waals surface area contributed by atoms with Crippen LogP contribution in [0.25, 0.3) is 21.8 Å². The van der Waals surface area contributed by atoms with Gasteiger partial charge in [0.15, 0.2) is 0 Å². The molecule has 0 radical (unpaired) electrons. The van der Waals surface area contributed by atoms with E-state index in [0.29, 0.717) is 18.7 Å². The first-order valence-corrected chi connectivity index (χ1v) is 12.0. The number of benzene rings is 3. The van der Waals surface area contributed by atoms with Gasteiger partial charge >= 0.3 is 0 Å². The summed E-state index contributed by atoms with van der Waals surface area (Å²) in [5.74, 6) is 0.0288. The number of hydrogen-bond donors (Lipinski definition) is 4. The molecule has 0 amide bonds. The summed E-state index contributed by atoms with van der Waals surface area (Å²) < 4.78 is 44.4. The lowest BCUT2D eigenvalue weighted by atomic mass is 10.1. The number of H-pyrrole nitrogens is 1. The third-order valence-electron chi connectivity index (χ3n) is 5.03. The largest absolute Gasteiger partial charge is 0.492 e. The molecule has 168 valence electrons. The van der Waals surface area contributed by atoms with Gasteiger partial charge in [-0.15, -0.1) is 0 Å². The molecular formula is C23H24FN3O4S. The van der Waals surface area contributed by atoms with E-state index in [1.54, 1.807) is 0 Å². The SMILES string of the molecule is CS(=O)(=O)Nc1cc([C@@H](O)CNCCOc2ccc3c(c2)[nH]c2ccccc23)ccc1F. The zero-order valence-electron chi connectivity index (χ0n) is 17.4. The van der Waals surface area contributed by atoms with Crippen LogP contribution in [0.5, 0.6) is 5.75 Å². The highest BCUT2D eigenvalue weighted by atomic mass is 32.2. The molecule has 32 heavy (non-hydrogen) atoms. The molecule has 0 aliphatic heterocycles. The zero-order chi connectivity index (χ0) is 22.7. The van der Waals surface area contributed by atoms with E-state index in [4.69, 9.17) is 4.74 Å². The number of anilines is 1. The normalized spacial score (nSPS) is 12.8. The van der Waals surface area contributed by atoms with Crippen LogP contribution in [-0.2, 0) is 10.0 Å². The zero-order valence-corrected chi connectivity index (χ0v) is 18.2. The fourth-order valence-electron chi connectivity index (χ4n) is 3.55. The Labute approximate surface area is 185 Å². The Morgan fingerprint density at radius 3 is 2.66 bits per heavy atom. The maximum absolute atomic E-state index is 13.8. The van der Waals surface area contributed by atoms with Crippen LogP contribution >= 0.6 is 0 Å². The fourth-order valence-corrected chi connectivity index (χ4v) is 4.11. The van der Waals surface area contributed by atoms with Gasteiger partial charge in [-0.05, 0) is 35.9 Å². The number of hydrogen-bond acceptors (Lipinski definition) is 5. The number of ether oxygens (including phenoxy) is 1. The molecule has 0 spiro atoms. The monoisotopic (exact) mass is 457 g/mol. The molecule has 0 bridgehead atoms. The Hall–Kier alpha value is -3.14. The summed E-state index contributed by atoms with van der Waals surface area (Å²) in [6.07, 6.45) is 0.00547. The van der Waals surface area contributed by atoms with Crippen molar-refractivity contribution in [2.45, 2.75) is 6.10 Å². The maximum Gasteiger partial charge on any atom is 0.229 e. The van der Waals surface area contributed by atoms with Crippen molar-refractivity contribution < 1.29 is 22.7 Å². The number of para-hydroxylation sites is 1. The van der Waals surface area contributed by atoms with Crippen molar-refractivity contribution in [1.29, 1.82) is 0 Å². The van der Waals surface area contributed by atoms with Crippen molar-refractivity contribution >= 4 is 37.5 Å². The Balaban J connectivity index is 1.29. The third-order valence-corrected chi connectivity index (χ3v) is 5.62. The minimum absolute atomic E-state index is 0.195. The topological polar surface area (TPSA) is 103 Å².